The summed E-state index contributed by atoms with van der Waals surface area (Å²) in [5.74, 6) is 0.398. The molecule has 0 fully saturated rings. The zero-order chi connectivity index (χ0) is 14.3. The van der Waals surface area contributed by atoms with Gasteiger partial charge >= 0.3 is 5.69 Å². The van der Waals surface area contributed by atoms with Crippen molar-refractivity contribution in [2.45, 2.75) is 25.8 Å². The Balaban J connectivity index is 3.01. The summed E-state index contributed by atoms with van der Waals surface area (Å²) in [5.41, 5.74) is -0.151. The van der Waals surface area contributed by atoms with Crippen LogP contribution in [0.3, 0.4) is 0 Å². The quantitative estimate of drug-likeness (QED) is 0.546. The first-order chi connectivity index (χ1) is 9.13. The molecule has 1 atom stereocenters. The molecule has 0 aromatic carbocycles. The van der Waals surface area contributed by atoms with Crippen LogP contribution in [0.5, 0.6) is 0 Å². The second kappa shape index (κ2) is 7.47. The molecule has 1 aromatic heterocycles. The van der Waals surface area contributed by atoms with Gasteiger partial charge in [0.2, 0.25) is 11.6 Å². The lowest BCUT2D eigenvalue weighted by Gasteiger charge is -2.17. The molecule has 0 aliphatic rings. The number of aromatic nitrogens is 2. The van der Waals surface area contributed by atoms with E-state index in [1.165, 1.54) is 6.33 Å². The minimum atomic E-state index is -0.496. The second-order valence-electron chi connectivity index (χ2n) is 4.01. The summed E-state index contributed by atoms with van der Waals surface area (Å²) in [6, 6.07) is -0.0201. The Kier molecular flexibility index (Phi) is 5.94. The van der Waals surface area contributed by atoms with E-state index in [4.69, 9.17) is 4.74 Å². The summed E-state index contributed by atoms with van der Waals surface area (Å²) < 4.78 is 5.09. The van der Waals surface area contributed by atoms with Gasteiger partial charge in [-0.05, 0) is 6.42 Å². The molecule has 2 N–H and O–H groups in total. The van der Waals surface area contributed by atoms with Gasteiger partial charge in [-0.2, -0.15) is 0 Å². The van der Waals surface area contributed by atoms with Crippen LogP contribution < -0.4 is 10.6 Å². The van der Waals surface area contributed by atoms with E-state index in [2.05, 4.69) is 20.6 Å². The maximum Gasteiger partial charge on any atom is 0.353 e. The smallest absolute Gasteiger partial charge is 0.353 e. The molecule has 8 nitrogen and oxygen atoms in total. The van der Waals surface area contributed by atoms with Crippen molar-refractivity contribution in [3.05, 3.63) is 16.4 Å². The molecule has 19 heavy (non-hydrogen) atoms. The fourth-order valence-corrected chi connectivity index (χ4v) is 1.78. The first-order valence-corrected chi connectivity index (χ1v) is 6.06. The average Bonchev–Trinajstić information content (AvgIpc) is 2.38. The molecule has 0 spiro atoms. The van der Waals surface area contributed by atoms with E-state index in [1.54, 1.807) is 14.2 Å². The predicted molar refractivity (Wildman–Crippen MR) is 72.4 cm³/mol. The third-order valence-electron chi connectivity index (χ3n) is 2.59. The number of nitro groups is 1. The van der Waals surface area contributed by atoms with E-state index in [-0.39, 0.29) is 23.4 Å². The van der Waals surface area contributed by atoms with E-state index in [1.807, 2.05) is 6.92 Å². The van der Waals surface area contributed by atoms with Gasteiger partial charge in [0.1, 0.15) is 6.33 Å². The first-order valence-electron chi connectivity index (χ1n) is 6.06. The highest BCUT2D eigenvalue weighted by Crippen LogP contribution is 2.29. The lowest BCUT2D eigenvalue weighted by molar-refractivity contribution is -0.383. The summed E-state index contributed by atoms with van der Waals surface area (Å²) >= 11 is 0. The van der Waals surface area contributed by atoms with Crippen LogP contribution in [0.15, 0.2) is 6.33 Å². The monoisotopic (exact) mass is 269 g/mol. The highest BCUT2D eigenvalue weighted by molar-refractivity contribution is 5.69. The summed E-state index contributed by atoms with van der Waals surface area (Å²) in [5, 5.41) is 16.9. The number of hydrogen-bond donors (Lipinski definition) is 2. The van der Waals surface area contributed by atoms with Crippen molar-refractivity contribution in [3.63, 3.8) is 0 Å². The van der Waals surface area contributed by atoms with Gasteiger partial charge in [-0.3, -0.25) is 10.1 Å². The minimum absolute atomic E-state index is 0.0201. The first kappa shape index (κ1) is 15.1. The summed E-state index contributed by atoms with van der Waals surface area (Å²) in [6.07, 6.45) is 3.07. The third kappa shape index (κ3) is 4.02. The Morgan fingerprint density at radius 1 is 1.47 bits per heavy atom. The van der Waals surface area contributed by atoms with Crippen LogP contribution in [0.4, 0.5) is 17.3 Å². The largest absolute Gasteiger partial charge is 0.383 e. The number of hydrogen-bond acceptors (Lipinski definition) is 7. The van der Waals surface area contributed by atoms with Gasteiger partial charge in [0, 0.05) is 14.2 Å². The van der Waals surface area contributed by atoms with Gasteiger partial charge in [-0.25, -0.2) is 9.97 Å². The standard InChI is InChI=1S/C11H19N5O3/c1-4-5-8(6-19-3)15-11-9(16(17)18)10(12-2)13-7-14-11/h7-8H,4-6H2,1-3H3,(H2,12,13,14,15). The van der Waals surface area contributed by atoms with Crippen LogP contribution >= 0.6 is 0 Å². The van der Waals surface area contributed by atoms with Gasteiger partial charge in [0.05, 0.1) is 17.6 Å². The van der Waals surface area contributed by atoms with Crippen molar-refractivity contribution < 1.29 is 9.66 Å². The molecule has 0 amide bonds. The van der Waals surface area contributed by atoms with Crippen molar-refractivity contribution in [1.29, 1.82) is 0 Å². The number of nitrogens with zero attached hydrogens (tertiary/aromatic N) is 3. The van der Waals surface area contributed by atoms with E-state index in [0.29, 0.717) is 6.61 Å². The molecule has 0 saturated heterocycles. The van der Waals surface area contributed by atoms with Crippen LogP contribution in [0, 0.1) is 10.1 Å². The number of methoxy groups -OCH3 is 1. The van der Waals surface area contributed by atoms with Crippen LogP contribution in [-0.2, 0) is 4.74 Å². The molecule has 0 radical (unpaired) electrons. The zero-order valence-corrected chi connectivity index (χ0v) is 11.3. The SMILES string of the molecule is CCCC(COC)Nc1ncnc(NC)c1[N+](=O)[O-]. The molecule has 1 heterocycles. The maximum absolute atomic E-state index is 11.1. The van der Waals surface area contributed by atoms with Crippen molar-refractivity contribution in [3.8, 4) is 0 Å². The third-order valence-corrected chi connectivity index (χ3v) is 2.59. The van der Waals surface area contributed by atoms with E-state index in [0.717, 1.165) is 12.8 Å². The van der Waals surface area contributed by atoms with E-state index >= 15 is 0 Å². The van der Waals surface area contributed by atoms with Crippen molar-refractivity contribution in [2.75, 3.05) is 31.4 Å². The number of rotatable bonds is 8. The molecule has 0 bridgehead atoms. The van der Waals surface area contributed by atoms with Gasteiger partial charge in [0.15, 0.2) is 0 Å². The lowest BCUT2D eigenvalue weighted by Crippen LogP contribution is -2.26. The molecule has 1 unspecified atom stereocenters. The number of anilines is 2. The molecule has 8 heteroatoms. The maximum atomic E-state index is 11.1. The Morgan fingerprint density at radius 3 is 2.68 bits per heavy atom. The van der Waals surface area contributed by atoms with Gasteiger partial charge in [-0.15, -0.1) is 0 Å². The van der Waals surface area contributed by atoms with Gasteiger partial charge in [0.25, 0.3) is 0 Å². The van der Waals surface area contributed by atoms with E-state index in [9.17, 15) is 10.1 Å². The van der Waals surface area contributed by atoms with Gasteiger partial charge < -0.3 is 15.4 Å². The fraction of sp³-hybridized carbons (Fsp3) is 0.636. The highest BCUT2D eigenvalue weighted by Gasteiger charge is 2.23. The van der Waals surface area contributed by atoms with Crippen LogP contribution in [-0.4, -0.2) is 41.7 Å². The Morgan fingerprint density at radius 2 is 2.16 bits per heavy atom. The molecule has 0 aliphatic carbocycles. The molecule has 1 aromatic rings. The van der Waals surface area contributed by atoms with Crippen molar-refractivity contribution >= 4 is 17.3 Å². The molecule has 106 valence electrons. The molecular formula is C11H19N5O3. The fourth-order valence-electron chi connectivity index (χ4n) is 1.78. The Bertz CT molecular complexity index is 421. The summed E-state index contributed by atoms with van der Waals surface area (Å²) in [7, 11) is 3.18. The highest BCUT2D eigenvalue weighted by atomic mass is 16.6. The van der Waals surface area contributed by atoms with Crippen molar-refractivity contribution in [1.82, 2.24) is 9.97 Å². The Labute approximate surface area is 111 Å². The summed E-state index contributed by atoms with van der Waals surface area (Å²) in [4.78, 5) is 18.4. The van der Waals surface area contributed by atoms with Crippen LogP contribution in [0.25, 0.3) is 0 Å². The molecule has 0 saturated carbocycles. The van der Waals surface area contributed by atoms with Gasteiger partial charge in [-0.1, -0.05) is 13.3 Å². The predicted octanol–water partition coefficient (Wildman–Crippen LogP) is 1.65. The second-order valence-corrected chi connectivity index (χ2v) is 4.01. The minimum Gasteiger partial charge on any atom is -0.383 e. The zero-order valence-electron chi connectivity index (χ0n) is 11.3. The summed E-state index contributed by atoms with van der Waals surface area (Å²) in [6.45, 7) is 2.50. The van der Waals surface area contributed by atoms with E-state index < -0.39 is 4.92 Å². The van der Waals surface area contributed by atoms with Crippen molar-refractivity contribution in [2.24, 2.45) is 0 Å². The molecule has 1 rings (SSSR count). The average molecular weight is 269 g/mol. The number of ether oxygens (including phenoxy) is 1. The molecular weight excluding hydrogens is 250 g/mol. The normalized spacial score (nSPS) is 11.9. The van der Waals surface area contributed by atoms with Crippen LogP contribution in [0.2, 0.25) is 0 Å². The van der Waals surface area contributed by atoms with Crippen LogP contribution in [0.1, 0.15) is 19.8 Å². The number of nitrogens with one attached hydrogen (secondary N) is 2. The Hall–Kier alpha value is -1.96. The topological polar surface area (TPSA) is 102 Å². The molecule has 0 aliphatic heterocycles. The lowest BCUT2D eigenvalue weighted by atomic mass is 10.2.